The van der Waals surface area contributed by atoms with Gasteiger partial charge in [0.15, 0.2) is 0 Å². The Morgan fingerprint density at radius 3 is 2.65 bits per heavy atom. The number of nitrogens with two attached hydrogens (primary N) is 1. The number of hydrogen-bond acceptors (Lipinski definition) is 4. The Balaban J connectivity index is 1.89. The molecule has 1 aliphatic rings. The molecule has 1 saturated heterocycles. The summed E-state index contributed by atoms with van der Waals surface area (Å²) in [5.74, 6) is 1.19. The van der Waals surface area contributed by atoms with Crippen LogP contribution in [-0.4, -0.2) is 48.5 Å². The average Bonchev–Trinajstić information content (AvgIpc) is 2.53. The Labute approximate surface area is 120 Å². The highest BCUT2D eigenvalue weighted by Gasteiger charge is 2.26. The molecule has 1 amide bonds. The van der Waals surface area contributed by atoms with Crippen molar-refractivity contribution in [1.82, 2.24) is 9.88 Å². The molecule has 1 atom stereocenters. The van der Waals surface area contributed by atoms with E-state index >= 15 is 0 Å². The number of carbonyl (C=O) groups excluding carboxylic acids is 1. The van der Waals surface area contributed by atoms with Gasteiger partial charge in [0.25, 0.3) is 0 Å². The Hall–Kier alpha value is -1.62. The molecule has 0 spiro atoms. The van der Waals surface area contributed by atoms with E-state index in [1.54, 1.807) is 6.20 Å². The van der Waals surface area contributed by atoms with Crippen LogP contribution in [0.4, 0.5) is 5.82 Å². The van der Waals surface area contributed by atoms with E-state index in [0.29, 0.717) is 6.54 Å². The van der Waals surface area contributed by atoms with Gasteiger partial charge in [0.2, 0.25) is 5.91 Å². The third-order valence-corrected chi connectivity index (χ3v) is 3.84. The molecule has 2 N–H and O–H groups in total. The molecule has 0 saturated carbocycles. The van der Waals surface area contributed by atoms with Crippen molar-refractivity contribution in [2.75, 3.05) is 37.6 Å². The molecule has 110 valence electrons. The third kappa shape index (κ3) is 3.48. The van der Waals surface area contributed by atoms with Crippen LogP contribution in [0.25, 0.3) is 0 Å². The van der Waals surface area contributed by atoms with Gasteiger partial charge in [-0.1, -0.05) is 19.4 Å². The van der Waals surface area contributed by atoms with Crippen LogP contribution in [0.3, 0.4) is 0 Å². The lowest BCUT2D eigenvalue weighted by molar-refractivity contribution is -0.135. The number of aromatic nitrogens is 1. The average molecular weight is 276 g/mol. The van der Waals surface area contributed by atoms with Crippen molar-refractivity contribution in [1.29, 1.82) is 0 Å². The Morgan fingerprint density at radius 2 is 2.10 bits per heavy atom. The lowest BCUT2D eigenvalue weighted by atomic mass is 10.0. The fourth-order valence-corrected chi connectivity index (χ4v) is 2.65. The van der Waals surface area contributed by atoms with E-state index in [-0.39, 0.29) is 11.8 Å². The van der Waals surface area contributed by atoms with Crippen LogP contribution in [0.1, 0.15) is 19.8 Å². The van der Waals surface area contributed by atoms with E-state index in [0.717, 1.165) is 44.8 Å². The maximum Gasteiger partial charge on any atom is 0.227 e. The maximum atomic E-state index is 12.4. The predicted octanol–water partition coefficient (Wildman–Crippen LogP) is 1.11. The quantitative estimate of drug-likeness (QED) is 0.875. The van der Waals surface area contributed by atoms with Crippen molar-refractivity contribution in [3.05, 3.63) is 24.4 Å². The third-order valence-electron chi connectivity index (χ3n) is 3.84. The fourth-order valence-electron chi connectivity index (χ4n) is 2.65. The second kappa shape index (κ2) is 7.24. The lowest BCUT2D eigenvalue weighted by Crippen LogP contribution is -2.51. The molecule has 0 bridgehead atoms. The first kappa shape index (κ1) is 14.8. The monoisotopic (exact) mass is 276 g/mol. The van der Waals surface area contributed by atoms with Crippen LogP contribution in [0.15, 0.2) is 24.4 Å². The van der Waals surface area contributed by atoms with E-state index in [1.165, 1.54) is 0 Å². The summed E-state index contributed by atoms with van der Waals surface area (Å²) in [6.07, 6.45) is 3.69. The number of anilines is 1. The topological polar surface area (TPSA) is 62.5 Å². The summed E-state index contributed by atoms with van der Waals surface area (Å²) >= 11 is 0. The first-order valence-electron chi connectivity index (χ1n) is 7.41. The molecule has 0 aromatic carbocycles. The van der Waals surface area contributed by atoms with Crippen molar-refractivity contribution in [2.24, 2.45) is 11.7 Å². The maximum absolute atomic E-state index is 12.4. The van der Waals surface area contributed by atoms with Crippen LogP contribution in [0.5, 0.6) is 0 Å². The smallest absolute Gasteiger partial charge is 0.227 e. The van der Waals surface area contributed by atoms with Gasteiger partial charge in [-0.05, 0) is 18.6 Å². The zero-order valence-electron chi connectivity index (χ0n) is 12.2. The molecule has 1 fully saturated rings. The fraction of sp³-hybridized carbons (Fsp3) is 0.600. The largest absolute Gasteiger partial charge is 0.353 e. The Bertz CT molecular complexity index is 415. The summed E-state index contributed by atoms with van der Waals surface area (Å²) in [6.45, 7) is 5.74. The minimum Gasteiger partial charge on any atom is -0.353 e. The van der Waals surface area contributed by atoms with Gasteiger partial charge >= 0.3 is 0 Å². The van der Waals surface area contributed by atoms with Gasteiger partial charge in [0.1, 0.15) is 5.82 Å². The van der Waals surface area contributed by atoms with Gasteiger partial charge in [-0.25, -0.2) is 4.98 Å². The first-order chi connectivity index (χ1) is 9.76. The molecule has 0 aliphatic carbocycles. The zero-order chi connectivity index (χ0) is 14.4. The second-order valence-corrected chi connectivity index (χ2v) is 5.22. The minimum absolute atomic E-state index is 0.0126. The summed E-state index contributed by atoms with van der Waals surface area (Å²) < 4.78 is 0. The summed E-state index contributed by atoms with van der Waals surface area (Å²) in [4.78, 5) is 20.9. The summed E-state index contributed by atoms with van der Waals surface area (Å²) in [5, 5.41) is 0. The molecule has 1 aromatic rings. The van der Waals surface area contributed by atoms with Gasteiger partial charge in [-0.15, -0.1) is 0 Å². The molecule has 20 heavy (non-hydrogen) atoms. The molecule has 0 radical (unpaired) electrons. The number of carbonyl (C=O) groups is 1. The van der Waals surface area contributed by atoms with Crippen LogP contribution in [-0.2, 0) is 4.79 Å². The summed E-state index contributed by atoms with van der Waals surface area (Å²) in [6, 6.07) is 5.92. The highest BCUT2D eigenvalue weighted by atomic mass is 16.2. The number of piperazine rings is 1. The molecule has 1 aliphatic heterocycles. The van der Waals surface area contributed by atoms with Crippen LogP contribution in [0, 0.1) is 5.92 Å². The Kier molecular flexibility index (Phi) is 5.35. The van der Waals surface area contributed by atoms with E-state index < -0.39 is 0 Å². The SMILES string of the molecule is CCCC(CN)C(=O)N1CCN(c2ccccn2)CC1. The molecule has 5 heteroatoms. The van der Waals surface area contributed by atoms with Crippen LogP contribution < -0.4 is 10.6 Å². The van der Waals surface area contributed by atoms with E-state index in [9.17, 15) is 4.79 Å². The number of pyridine rings is 1. The van der Waals surface area contributed by atoms with E-state index in [4.69, 9.17) is 5.73 Å². The van der Waals surface area contributed by atoms with Gasteiger partial charge < -0.3 is 15.5 Å². The van der Waals surface area contributed by atoms with Crippen LogP contribution >= 0.6 is 0 Å². The highest BCUT2D eigenvalue weighted by molar-refractivity contribution is 5.79. The molecule has 1 unspecified atom stereocenters. The molecule has 2 heterocycles. The highest BCUT2D eigenvalue weighted by Crippen LogP contribution is 2.15. The molecule has 2 rings (SSSR count). The Morgan fingerprint density at radius 1 is 1.35 bits per heavy atom. The second-order valence-electron chi connectivity index (χ2n) is 5.22. The zero-order valence-corrected chi connectivity index (χ0v) is 12.2. The lowest BCUT2D eigenvalue weighted by Gasteiger charge is -2.36. The number of nitrogens with zero attached hydrogens (tertiary/aromatic N) is 3. The minimum atomic E-state index is -0.0126. The van der Waals surface area contributed by atoms with Crippen molar-refractivity contribution in [3.63, 3.8) is 0 Å². The van der Waals surface area contributed by atoms with Gasteiger partial charge in [0.05, 0.1) is 5.92 Å². The van der Waals surface area contributed by atoms with E-state index in [1.807, 2.05) is 23.1 Å². The van der Waals surface area contributed by atoms with Crippen LogP contribution in [0.2, 0.25) is 0 Å². The molecular formula is C15H24N4O. The van der Waals surface area contributed by atoms with Crippen molar-refractivity contribution in [3.8, 4) is 0 Å². The number of hydrogen-bond donors (Lipinski definition) is 1. The molecule has 1 aromatic heterocycles. The van der Waals surface area contributed by atoms with Crippen molar-refractivity contribution in [2.45, 2.75) is 19.8 Å². The number of amides is 1. The van der Waals surface area contributed by atoms with Crippen molar-refractivity contribution < 1.29 is 4.79 Å². The van der Waals surface area contributed by atoms with Gasteiger partial charge in [-0.2, -0.15) is 0 Å². The molecular weight excluding hydrogens is 252 g/mol. The number of rotatable bonds is 5. The van der Waals surface area contributed by atoms with Gasteiger partial charge in [-0.3, -0.25) is 4.79 Å². The molecule has 5 nitrogen and oxygen atoms in total. The first-order valence-corrected chi connectivity index (χ1v) is 7.41. The van der Waals surface area contributed by atoms with E-state index in [2.05, 4.69) is 16.8 Å². The standard InChI is InChI=1S/C15H24N4O/c1-2-5-13(12-16)15(20)19-10-8-18(9-11-19)14-6-3-4-7-17-14/h3-4,6-7,13H,2,5,8-12,16H2,1H3. The summed E-state index contributed by atoms with van der Waals surface area (Å²) in [7, 11) is 0. The predicted molar refractivity (Wildman–Crippen MR) is 80.5 cm³/mol. The summed E-state index contributed by atoms with van der Waals surface area (Å²) in [5.41, 5.74) is 5.72. The van der Waals surface area contributed by atoms with Gasteiger partial charge in [0, 0.05) is 38.9 Å². The van der Waals surface area contributed by atoms with Crippen molar-refractivity contribution >= 4 is 11.7 Å². The normalized spacial score (nSPS) is 17.1.